The summed E-state index contributed by atoms with van der Waals surface area (Å²) in [6.45, 7) is 0. The van der Waals surface area contributed by atoms with Crippen LogP contribution in [0.25, 0.3) is 0 Å². The van der Waals surface area contributed by atoms with Crippen LogP contribution in [-0.4, -0.2) is 6.10 Å². The lowest BCUT2D eigenvalue weighted by atomic mass is 10.0. The molecule has 1 unspecified atom stereocenters. The average molecular weight is 208 g/mol. The number of hydrogen-bond acceptors (Lipinski definition) is 1. The smallest absolute Gasteiger partial charge is 0.0986 e. The SMILES string of the molecule is C1=C2CCC(CCCCCCCCC1)O2. The predicted octanol–water partition coefficient (Wildman–Crippen LogP) is 4.57. The van der Waals surface area contributed by atoms with Gasteiger partial charge in [-0.25, -0.2) is 0 Å². The van der Waals surface area contributed by atoms with Crippen molar-refractivity contribution in [3.8, 4) is 0 Å². The number of fused-ring (bicyclic) bond motifs is 2. The van der Waals surface area contributed by atoms with E-state index in [0.717, 1.165) is 0 Å². The first-order valence-corrected chi connectivity index (χ1v) is 6.81. The van der Waals surface area contributed by atoms with Crippen molar-refractivity contribution in [1.82, 2.24) is 0 Å². The molecule has 0 aromatic carbocycles. The van der Waals surface area contributed by atoms with E-state index in [4.69, 9.17) is 4.74 Å². The number of hydrogen-bond donors (Lipinski definition) is 0. The summed E-state index contributed by atoms with van der Waals surface area (Å²) in [4.78, 5) is 0. The maximum absolute atomic E-state index is 5.94. The molecular formula is C14H24O. The first-order valence-electron chi connectivity index (χ1n) is 6.81. The number of rotatable bonds is 0. The molecule has 2 rings (SSSR count). The maximum atomic E-state index is 5.94. The van der Waals surface area contributed by atoms with E-state index in [1.807, 2.05) is 0 Å². The molecule has 0 N–H and O–H groups in total. The van der Waals surface area contributed by atoms with Crippen LogP contribution in [0.15, 0.2) is 11.8 Å². The average Bonchev–Trinajstić information content (AvgIpc) is 2.69. The van der Waals surface area contributed by atoms with Crippen molar-refractivity contribution in [2.24, 2.45) is 0 Å². The molecule has 1 nitrogen and oxygen atoms in total. The zero-order valence-corrected chi connectivity index (χ0v) is 9.84. The van der Waals surface area contributed by atoms with Crippen LogP contribution >= 0.6 is 0 Å². The monoisotopic (exact) mass is 208 g/mol. The topological polar surface area (TPSA) is 9.23 Å². The summed E-state index contributed by atoms with van der Waals surface area (Å²) < 4.78 is 5.94. The van der Waals surface area contributed by atoms with Gasteiger partial charge in [-0.15, -0.1) is 0 Å². The van der Waals surface area contributed by atoms with Crippen molar-refractivity contribution >= 4 is 0 Å². The molecule has 2 aliphatic rings. The van der Waals surface area contributed by atoms with Crippen molar-refractivity contribution < 1.29 is 4.74 Å². The van der Waals surface area contributed by atoms with Gasteiger partial charge in [-0.3, -0.25) is 0 Å². The van der Waals surface area contributed by atoms with E-state index in [9.17, 15) is 0 Å². The van der Waals surface area contributed by atoms with Crippen LogP contribution in [-0.2, 0) is 4.74 Å². The van der Waals surface area contributed by atoms with Gasteiger partial charge in [0.25, 0.3) is 0 Å². The Morgan fingerprint density at radius 2 is 1.60 bits per heavy atom. The van der Waals surface area contributed by atoms with E-state index in [0.29, 0.717) is 6.10 Å². The fourth-order valence-corrected chi connectivity index (χ4v) is 2.65. The molecule has 1 saturated heterocycles. The van der Waals surface area contributed by atoms with E-state index in [2.05, 4.69) is 6.08 Å². The van der Waals surface area contributed by atoms with Crippen LogP contribution in [0.2, 0.25) is 0 Å². The van der Waals surface area contributed by atoms with E-state index >= 15 is 0 Å². The largest absolute Gasteiger partial charge is 0.495 e. The van der Waals surface area contributed by atoms with Crippen molar-refractivity contribution in [2.45, 2.75) is 76.7 Å². The number of allylic oxidation sites excluding steroid dienone is 2. The Kier molecular flexibility index (Phi) is 4.56. The van der Waals surface area contributed by atoms with E-state index in [1.54, 1.807) is 0 Å². The lowest BCUT2D eigenvalue weighted by Crippen LogP contribution is -2.03. The van der Waals surface area contributed by atoms with Gasteiger partial charge in [0.1, 0.15) is 0 Å². The van der Waals surface area contributed by atoms with Crippen LogP contribution in [0, 0.1) is 0 Å². The first kappa shape index (κ1) is 11.0. The molecule has 2 bridgehead atoms. The molecule has 0 aromatic rings. The van der Waals surface area contributed by atoms with Gasteiger partial charge >= 0.3 is 0 Å². The van der Waals surface area contributed by atoms with Gasteiger partial charge in [-0.2, -0.15) is 0 Å². The molecule has 86 valence electrons. The van der Waals surface area contributed by atoms with Gasteiger partial charge < -0.3 is 4.74 Å². The Bertz CT molecular complexity index is 207. The van der Waals surface area contributed by atoms with Crippen LogP contribution in [0.3, 0.4) is 0 Å². The summed E-state index contributed by atoms with van der Waals surface area (Å²) in [6.07, 6.45) is 17.8. The molecule has 0 radical (unpaired) electrons. The minimum absolute atomic E-state index is 0.553. The third kappa shape index (κ3) is 3.89. The standard InChI is InChI=1S/C14H24O/c1-2-4-6-8-10-14-12-11-13(15-14)9-7-5-3-1/h9,14H,1-8,10-12H2. The van der Waals surface area contributed by atoms with Gasteiger partial charge in [0, 0.05) is 6.42 Å². The summed E-state index contributed by atoms with van der Waals surface area (Å²) in [5, 5.41) is 0. The third-order valence-electron chi connectivity index (χ3n) is 3.63. The molecular weight excluding hydrogens is 184 g/mol. The molecule has 0 aromatic heterocycles. The fraction of sp³-hybridized carbons (Fsp3) is 0.857. The minimum atomic E-state index is 0.553. The first-order chi connectivity index (χ1) is 7.45. The normalized spacial score (nSPS) is 29.3. The van der Waals surface area contributed by atoms with E-state index in [1.165, 1.54) is 76.4 Å². The second kappa shape index (κ2) is 6.19. The second-order valence-electron chi connectivity index (χ2n) is 5.00. The van der Waals surface area contributed by atoms with E-state index in [-0.39, 0.29) is 0 Å². The molecule has 1 heteroatoms. The fourth-order valence-electron chi connectivity index (χ4n) is 2.65. The number of ether oxygens (including phenoxy) is 1. The van der Waals surface area contributed by atoms with Crippen molar-refractivity contribution in [1.29, 1.82) is 0 Å². The summed E-state index contributed by atoms with van der Waals surface area (Å²) in [6, 6.07) is 0. The summed E-state index contributed by atoms with van der Waals surface area (Å²) >= 11 is 0. The van der Waals surface area contributed by atoms with Crippen LogP contribution in [0.5, 0.6) is 0 Å². The molecule has 0 saturated carbocycles. The van der Waals surface area contributed by atoms with Gasteiger partial charge in [0.05, 0.1) is 11.9 Å². The maximum Gasteiger partial charge on any atom is 0.0986 e. The Hall–Kier alpha value is -0.460. The van der Waals surface area contributed by atoms with Crippen LogP contribution in [0.4, 0.5) is 0 Å². The quantitative estimate of drug-likeness (QED) is 0.566. The third-order valence-corrected chi connectivity index (χ3v) is 3.63. The highest BCUT2D eigenvalue weighted by atomic mass is 16.5. The highest BCUT2D eigenvalue weighted by molar-refractivity contribution is 4.98. The zero-order valence-electron chi connectivity index (χ0n) is 9.84. The minimum Gasteiger partial charge on any atom is -0.495 e. The van der Waals surface area contributed by atoms with E-state index < -0.39 is 0 Å². The molecule has 15 heavy (non-hydrogen) atoms. The highest BCUT2D eigenvalue weighted by Crippen LogP contribution is 2.27. The molecule has 1 atom stereocenters. The van der Waals surface area contributed by atoms with Gasteiger partial charge in [0.2, 0.25) is 0 Å². The van der Waals surface area contributed by atoms with Gasteiger partial charge in [-0.05, 0) is 38.2 Å². The lowest BCUT2D eigenvalue weighted by Gasteiger charge is -2.09. The van der Waals surface area contributed by atoms with Crippen molar-refractivity contribution in [2.75, 3.05) is 0 Å². The Labute approximate surface area is 93.9 Å². The molecule has 1 fully saturated rings. The molecule has 2 heterocycles. The Morgan fingerprint density at radius 1 is 0.867 bits per heavy atom. The zero-order chi connectivity index (χ0) is 10.3. The summed E-state index contributed by atoms with van der Waals surface area (Å²) in [5.41, 5.74) is 0. The molecule has 0 spiro atoms. The van der Waals surface area contributed by atoms with Crippen LogP contribution < -0.4 is 0 Å². The van der Waals surface area contributed by atoms with Gasteiger partial charge in [-0.1, -0.05) is 32.1 Å². The van der Waals surface area contributed by atoms with Crippen molar-refractivity contribution in [3.63, 3.8) is 0 Å². The molecule has 2 aliphatic heterocycles. The predicted molar refractivity (Wildman–Crippen MR) is 63.7 cm³/mol. The summed E-state index contributed by atoms with van der Waals surface area (Å²) in [7, 11) is 0. The van der Waals surface area contributed by atoms with Gasteiger partial charge in [0.15, 0.2) is 0 Å². The highest BCUT2D eigenvalue weighted by Gasteiger charge is 2.19. The molecule has 0 aliphatic carbocycles. The Balaban J connectivity index is 1.81. The summed E-state index contributed by atoms with van der Waals surface area (Å²) in [5.74, 6) is 1.29. The van der Waals surface area contributed by atoms with Crippen molar-refractivity contribution in [3.05, 3.63) is 11.8 Å². The second-order valence-corrected chi connectivity index (χ2v) is 5.00. The van der Waals surface area contributed by atoms with Crippen LogP contribution in [0.1, 0.15) is 70.6 Å². The lowest BCUT2D eigenvalue weighted by molar-refractivity contribution is 0.148. The molecule has 0 amide bonds. The Morgan fingerprint density at radius 3 is 2.47 bits per heavy atom.